The zero-order valence-electron chi connectivity index (χ0n) is 17.0. The van der Waals surface area contributed by atoms with Gasteiger partial charge in [0.1, 0.15) is 11.5 Å². The molecule has 0 aliphatic carbocycles. The molecule has 0 aromatic heterocycles. The summed E-state index contributed by atoms with van der Waals surface area (Å²) >= 11 is 0. The monoisotopic (exact) mass is 394 g/mol. The predicted molar refractivity (Wildman–Crippen MR) is 120 cm³/mol. The molecule has 0 bridgehead atoms. The number of ether oxygens (including phenoxy) is 2. The molecular formula is C27H22O3. The van der Waals surface area contributed by atoms with Crippen molar-refractivity contribution in [3.8, 4) is 33.8 Å². The van der Waals surface area contributed by atoms with E-state index in [1.807, 2.05) is 97.1 Å². The normalized spacial score (nSPS) is 10.5. The Hall–Kier alpha value is -3.85. The van der Waals surface area contributed by atoms with Gasteiger partial charge in [-0.05, 0) is 23.3 Å². The van der Waals surface area contributed by atoms with E-state index < -0.39 is 0 Å². The van der Waals surface area contributed by atoms with Gasteiger partial charge in [-0.2, -0.15) is 0 Å². The Balaban J connectivity index is 1.94. The summed E-state index contributed by atoms with van der Waals surface area (Å²) in [6, 6.07) is 30.8. The fourth-order valence-electron chi connectivity index (χ4n) is 3.73. The van der Waals surface area contributed by atoms with Crippen LogP contribution in [0.2, 0.25) is 0 Å². The SMILES string of the molecule is COc1cccc(C(=O)c2cccc(OC)c2-c2ccccc2)c1-c1ccccc1. The molecule has 0 radical (unpaired) electrons. The fraction of sp³-hybridized carbons (Fsp3) is 0.0741. The van der Waals surface area contributed by atoms with Crippen LogP contribution in [0.25, 0.3) is 22.3 Å². The molecule has 4 aromatic rings. The van der Waals surface area contributed by atoms with Gasteiger partial charge in [0.15, 0.2) is 5.78 Å². The van der Waals surface area contributed by atoms with Gasteiger partial charge in [-0.15, -0.1) is 0 Å². The van der Waals surface area contributed by atoms with Crippen LogP contribution < -0.4 is 9.47 Å². The molecule has 148 valence electrons. The standard InChI is InChI=1S/C27H22O3/c1-29-23-17-9-15-21(25(23)19-11-5-3-6-12-19)27(28)22-16-10-18-24(30-2)26(22)20-13-7-4-8-14-20/h3-18H,1-2H3. The lowest BCUT2D eigenvalue weighted by Gasteiger charge is -2.17. The summed E-state index contributed by atoms with van der Waals surface area (Å²) in [4.78, 5) is 13.9. The van der Waals surface area contributed by atoms with Gasteiger partial charge in [0.05, 0.1) is 14.2 Å². The summed E-state index contributed by atoms with van der Waals surface area (Å²) in [7, 11) is 3.24. The van der Waals surface area contributed by atoms with Crippen molar-refractivity contribution in [3.05, 3.63) is 108 Å². The lowest BCUT2D eigenvalue weighted by molar-refractivity contribution is 0.103. The molecule has 4 rings (SSSR count). The predicted octanol–water partition coefficient (Wildman–Crippen LogP) is 6.27. The lowest BCUT2D eigenvalue weighted by Crippen LogP contribution is -2.07. The summed E-state index contributed by atoms with van der Waals surface area (Å²) in [6.07, 6.45) is 0. The maximum atomic E-state index is 13.9. The van der Waals surface area contributed by atoms with Crippen LogP contribution in [0.15, 0.2) is 97.1 Å². The molecule has 30 heavy (non-hydrogen) atoms. The number of methoxy groups -OCH3 is 2. The molecule has 0 N–H and O–H groups in total. The average molecular weight is 394 g/mol. The minimum Gasteiger partial charge on any atom is -0.496 e. The molecule has 0 fully saturated rings. The smallest absolute Gasteiger partial charge is 0.194 e. The third-order valence-electron chi connectivity index (χ3n) is 5.11. The molecule has 0 aliphatic rings. The van der Waals surface area contributed by atoms with Crippen LogP contribution in [-0.2, 0) is 0 Å². The molecule has 0 atom stereocenters. The zero-order valence-corrected chi connectivity index (χ0v) is 17.0. The molecule has 4 aromatic carbocycles. The first-order chi connectivity index (χ1) is 14.7. The van der Waals surface area contributed by atoms with Gasteiger partial charge in [0.2, 0.25) is 0 Å². The highest BCUT2D eigenvalue weighted by Gasteiger charge is 2.23. The summed E-state index contributed by atoms with van der Waals surface area (Å²) in [5.41, 5.74) is 4.61. The van der Waals surface area contributed by atoms with Gasteiger partial charge in [-0.25, -0.2) is 0 Å². The molecule has 3 nitrogen and oxygen atoms in total. The molecule has 0 saturated heterocycles. The molecule has 0 amide bonds. The van der Waals surface area contributed by atoms with Gasteiger partial charge < -0.3 is 9.47 Å². The van der Waals surface area contributed by atoms with Crippen molar-refractivity contribution >= 4 is 5.78 Å². The zero-order chi connectivity index (χ0) is 20.9. The van der Waals surface area contributed by atoms with E-state index >= 15 is 0 Å². The van der Waals surface area contributed by atoms with E-state index in [1.54, 1.807) is 14.2 Å². The third-order valence-corrected chi connectivity index (χ3v) is 5.11. The Morgan fingerprint density at radius 1 is 0.533 bits per heavy atom. The topological polar surface area (TPSA) is 35.5 Å². The van der Waals surface area contributed by atoms with E-state index in [0.29, 0.717) is 22.6 Å². The van der Waals surface area contributed by atoms with Crippen LogP contribution in [0, 0.1) is 0 Å². The van der Waals surface area contributed by atoms with Gasteiger partial charge >= 0.3 is 0 Å². The van der Waals surface area contributed by atoms with Crippen molar-refractivity contribution in [1.82, 2.24) is 0 Å². The van der Waals surface area contributed by atoms with Gasteiger partial charge in [-0.1, -0.05) is 84.9 Å². The van der Waals surface area contributed by atoms with E-state index in [1.165, 1.54) is 0 Å². The fourth-order valence-corrected chi connectivity index (χ4v) is 3.73. The number of carbonyl (C=O) groups excluding carboxylic acids is 1. The maximum absolute atomic E-state index is 13.9. The highest BCUT2D eigenvalue weighted by atomic mass is 16.5. The first-order valence-electron chi connectivity index (χ1n) is 9.74. The van der Waals surface area contributed by atoms with Crippen LogP contribution in [0.3, 0.4) is 0 Å². The molecule has 0 aliphatic heterocycles. The first-order valence-corrected chi connectivity index (χ1v) is 9.74. The summed E-state index contributed by atoms with van der Waals surface area (Å²) in [5.74, 6) is 1.25. The molecule has 0 unspecified atom stereocenters. The maximum Gasteiger partial charge on any atom is 0.194 e. The molecule has 0 spiro atoms. The minimum atomic E-state index is -0.0782. The quantitative estimate of drug-likeness (QED) is 0.362. The van der Waals surface area contributed by atoms with Crippen molar-refractivity contribution < 1.29 is 14.3 Å². The Kier molecular flexibility index (Phi) is 5.62. The summed E-state index contributed by atoms with van der Waals surface area (Å²) in [6.45, 7) is 0. The Labute approximate surface area is 176 Å². The van der Waals surface area contributed by atoms with Crippen LogP contribution >= 0.6 is 0 Å². The Morgan fingerprint density at radius 3 is 1.30 bits per heavy atom. The molecule has 3 heteroatoms. The number of ketones is 1. The van der Waals surface area contributed by atoms with Crippen LogP contribution in [-0.4, -0.2) is 20.0 Å². The number of hydrogen-bond donors (Lipinski definition) is 0. The number of carbonyl (C=O) groups is 1. The van der Waals surface area contributed by atoms with E-state index in [0.717, 1.165) is 22.3 Å². The highest BCUT2D eigenvalue weighted by molar-refractivity contribution is 6.17. The van der Waals surface area contributed by atoms with Crippen molar-refractivity contribution in [2.75, 3.05) is 14.2 Å². The first kappa shape index (κ1) is 19.5. The van der Waals surface area contributed by atoms with E-state index in [4.69, 9.17) is 9.47 Å². The molecular weight excluding hydrogens is 372 g/mol. The van der Waals surface area contributed by atoms with Crippen molar-refractivity contribution in [1.29, 1.82) is 0 Å². The van der Waals surface area contributed by atoms with Crippen molar-refractivity contribution in [3.63, 3.8) is 0 Å². The third kappa shape index (κ3) is 3.58. The molecule has 0 saturated carbocycles. The van der Waals surface area contributed by atoms with Crippen LogP contribution in [0.4, 0.5) is 0 Å². The van der Waals surface area contributed by atoms with E-state index in [-0.39, 0.29) is 5.78 Å². The van der Waals surface area contributed by atoms with Gasteiger partial charge in [-0.3, -0.25) is 4.79 Å². The number of benzene rings is 4. The van der Waals surface area contributed by atoms with Gasteiger partial charge in [0, 0.05) is 22.3 Å². The Bertz CT molecular complexity index is 1070. The van der Waals surface area contributed by atoms with Crippen LogP contribution in [0.5, 0.6) is 11.5 Å². The second kappa shape index (κ2) is 8.66. The lowest BCUT2D eigenvalue weighted by atomic mass is 9.89. The second-order valence-electron chi connectivity index (χ2n) is 6.83. The van der Waals surface area contributed by atoms with Crippen molar-refractivity contribution in [2.24, 2.45) is 0 Å². The minimum absolute atomic E-state index is 0.0782. The highest BCUT2D eigenvalue weighted by Crippen LogP contribution is 2.38. The van der Waals surface area contributed by atoms with E-state index in [2.05, 4.69) is 0 Å². The summed E-state index contributed by atoms with van der Waals surface area (Å²) < 4.78 is 11.2. The summed E-state index contributed by atoms with van der Waals surface area (Å²) in [5, 5.41) is 0. The largest absolute Gasteiger partial charge is 0.496 e. The number of rotatable bonds is 6. The van der Waals surface area contributed by atoms with Gasteiger partial charge in [0.25, 0.3) is 0 Å². The Morgan fingerprint density at radius 2 is 0.933 bits per heavy atom. The van der Waals surface area contributed by atoms with E-state index in [9.17, 15) is 4.79 Å². The average Bonchev–Trinajstić information content (AvgIpc) is 2.83. The molecule has 0 heterocycles. The van der Waals surface area contributed by atoms with Crippen molar-refractivity contribution in [2.45, 2.75) is 0 Å². The van der Waals surface area contributed by atoms with Crippen LogP contribution in [0.1, 0.15) is 15.9 Å². The second-order valence-corrected chi connectivity index (χ2v) is 6.83. The number of hydrogen-bond acceptors (Lipinski definition) is 3.